The van der Waals surface area contributed by atoms with Gasteiger partial charge in [0.05, 0.1) is 11.4 Å². The van der Waals surface area contributed by atoms with E-state index in [-0.39, 0.29) is 23.0 Å². The third-order valence-corrected chi connectivity index (χ3v) is 5.20. The van der Waals surface area contributed by atoms with Crippen molar-refractivity contribution >= 4 is 10.0 Å². The first-order valence-electron chi connectivity index (χ1n) is 6.51. The van der Waals surface area contributed by atoms with Gasteiger partial charge in [-0.2, -0.15) is 4.31 Å². The molecule has 0 atom stereocenters. The van der Waals surface area contributed by atoms with Crippen molar-refractivity contribution in [2.24, 2.45) is 5.73 Å². The minimum absolute atomic E-state index is 0.0496. The van der Waals surface area contributed by atoms with Crippen molar-refractivity contribution in [2.75, 3.05) is 13.1 Å². The Labute approximate surface area is 118 Å². The van der Waals surface area contributed by atoms with Crippen LogP contribution in [-0.4, -0.2) is 31.9 Å². The number of benzene rings is 1. The van der Waals surface area contributed by atoms with E-state index in [2.05, 4.69) is 11.8 Å². The average molecular weight is 296 g/mol. The van der Waals surface area contributed by atoms with Crippen molar-refractivity contribution in [3.05, 3.63) is 29.6 Å². The van der Waals surface area contributed by atoms with Crippen LogP contribution in [0, 0.1) is 17.7 Å². The zero-order valence-electron chi connectivity index (χ0n) is 11.3. The molecule has 0 spiro atoms. The van der Waals surface area contributed by atoms with E-state index in [1.54, 1.807) is 6.92 Å². The Morgan fingerprint density at radius 2 is 2.15 bits per heavy atom. The van der Waals surface area contributed by atoms with Crippen molar-refractivity contribution in [2.45, 2.75) is 30.7 Å². The van der Waals surface area contributed by atoms with Crippen LogP contribution in [-0.2, 0) is 10.0 Å². The van der Waals surface area contributed by atoms with E-state index in [1.807, 2.05) is 0 Å². The van der Waals surface area contributed by atoms with Gasteiger partial charge in [-0.15, -0.1) is 0 Å². The number of sulfonamides is 1. The minimum Gasteiger partial charge on any atom is -0.320 e. The van der Waals surface area contributed by atoms with Crippen LogP contribution in [0.2, 0.25) is 0 Å². The number of nitrogens with zero attached hydrogens (tertiary/aromatic N) is 1. The number of rotatable bonds is 4. The third kappa shape index (κ3) is 3.01. The maximum Gasteiger partial charge on any atom is 0.244 e. The fourth-order valence-corrected chi connectivity index (χ4v) is 3.91. The Hall–Kier alpha value is -1.42. The smallest absolute Gasteiger partial charge is 0.244 e. The molecular weight excluding hydrogens is 279 g/mol. The minimum atomic E-state index is -3.64. The molecule has 108 valence electrons. The first kappa shape index (κ1) is 15.0. The van der Waals surface area contributed by atoms with Crippen molar-refractivity contribution in [3.63, 3.8) is 0 Å². The number of halogens is 1. The molecule has 2 N–H and O–H groups in total. The quantitative estimate of drug-likeness (QED) is 0.852. The van der Waals surface area contributed by atoms with Gasteiger partial charge in [0.15, 0.2) is 0 Å². The number of nitrogens with two attached hydrogens (primary N) is 1. The lowest BCUT2D eigenvalue weighted by Crippen LogP contribution is -2.33. The van der Waals surface area contributed by atoms with Crippen LogP contribution in [0.1, 0.15) is 25.3 Å². The zero-order valence-corrected chi connectivity index (χ0v) is 12.1. The van der Waals surface area contributed by atoms with Crippen LogP contribution < -0.4 is 5.73 Å². The monoisotopic (exact) mass is 296 g/mol. The fourth-order valence-electron chi connectivity index (χ4n) is 2.08. The number of hydrogen-bond acceptors (Lipinski definition) is 3. The van der Waals surface area contributed by atoms with Crippen molar-refractivity contribution in [1.82, 2.24) is 4.31 Å². The number of hydrogen-bond donors (Lipinski definition) is 1. The third-order valence-electron chi connectivity index (χ3n) is 3.12. The highest BCUT2D eigenvalue weighted by atomic mass is 32.2. The summed E-state index contributed by atoms with van der Waals surface area (Å²) in [6.07, 6.45) is 1.75. The van der Waals surface area contributed by atoms with E-state index in [1.165, 1.54) is 10.4 Å². The molecule has 1 fully saturated rings. The molecule has 0 saturated heterocycles. The summed E-state index contributed by atoms with van der Waals surface area (Å²) in [7, 11) is -3.64. The molecule has 0 bridgehead atoms. The molecule has 6 heteroatoms. The van der Waals surface area contributed by atoms with Crippen LogP contribution in [0.4, 0.5) is 4.39 Å². The Morgan fingerprint density at radius 3 is 2.70 bits per heavy atom. The highest BCUT2D eigenvalue weighted by Gasteiger charge is 2.37. The van der Waals surface area contributed by atoms with E-state index >= 15 is 0 Å². The lowest BCUT2D eigenvalue weighted by Gasteiger charge is -2.20. The molecule has 0 unspecified atom stereocenters. The summed E-state index contributed by atoms with van der Waals surface area (Å²) >= 11 is 0. The predicted octanol–water partition coefficient (Wildman–Crippen LogP) is 1.31. The molecule has 1 aliphatic carbocycles. The van der Waals surface area contributed by atoms with E-state index in [0.717, 1.165) is 25.0 Å². The lowest BCUT2D eigenvalue weighted by atomic mass is 10.2. The maximum absolute atomic E-state index is 13.3. The summed E-state index contributed by atoms with van der Waals surface area (Å²) in [5.41, 5.74) is 5.45. The largest absolute Gasteiger partial charge is 0.320 e. The Bertz CT molecular complexity index is 657. The van der Waals surface area contributed by atoms with E-state index in [9.17, 15) is 12.8 Å². The summed E-state index contributed by atoms with van der Waals surface area (Å²) in [6, 6.07) is 3.61. The molecule has 0 radical (unpaired) electrons. The summed E-state index contributed by atoms with van der Waals surface area (Å²) in [5, 5.41) is 0. The van der Waals surface area contributed by atoms with Gasteiger partial charge in [-0.25, -0.2) is 12.8 Å². The summed E-state index contributed by atoms with van der Waals surface area (Å²) in [5.74, 6) is 4.70. The highest BCUT2D eigenvalue weighted by Crippen LogP contribution is 2.32. The average Bonchev–Trinajstić information content (AvgIpc) is 3.21. The molecule has 4 nitrogen and oxygen atoms in total. The van der Waals surface area contributed by atoms with Gasteiger partial charge in [0.2, 0.25) is 10.0 Å². The Kier molecular flexibility index (Phi) is 4.43. The molecule has 1 aromatic rings. The van der Waals surface area contributed by atoms with Gasteiger partial charge in [-0.1, -0.05) is 18.8 Å². The van der Waals surface area contributed by atoms with Gasteiger partial charge in [0.25, 0.3) is 0 Å². The first-order valence-corrected chi connectivity index (χ1v) is 7.95. The second kappa shape index (κ2) is 5.92. The standard InChI is InChI=1S/C14H17FN2O2S/c1-2-17(13-6-7-13)20(18,19)14-8-5-12(15)10-11(14)4-3-9-16/h5,8,10,13H,2,6-7,9,16H2,1H3. The van der Waals surface area contributed by atoms with Gasteiger partial charge in [-0.05, 0) is 31.0 Å². The molecule has 1 saturated carbocycles. The molecule has 20 heavy (non-hydrogen) atoms. The van der Waals surface area contributed by atoms with Crippen molar-refractivity contribution in [3.8, 4) is 11.8 Å². The van der Waals surface area contributed by atoms with Crippen LogP contribution in [0.3, 0.4) is 0 Å². The molecule has 0 amide bonds. The maximum atomic E-state index is 13.3. The van der Waals surface area contributed by atoms with Crippen LogP contribution >= 0.6 is 0 Å². The van der Waals surface area contributed by atoms with Gasteiger partial charge in [0.1, 0.15) is 5.82 Å². The molecule has 0 aromatic heterocycles. The van der Waals surface area contributed by atoms with E-state index < -0.39 is 15.8 Å². The van der Waals surface area contributed by atoms with E-state index in [4.69, 9.17) is 5.73 Å². The zero-order chi connectivity index (χ0) is 14.8. The summed E-state index contributed by atoms with van der Waals surface area (Å²) < 4.78 is 40.1. The van der Waals surface area contributed by atoms with Crippen LogP contribution in [0.25, 0.3) is 0 Å². The van der Waals surface area contributed by atoms with Gasteiger partial charge < -0.3 is 5.73 Å². The molecule has 2 rings (SSSR count). The highest BCUT2D eigenvalue weighted by molar-refractivity contribution is 7.89. The van der Waals surface area contributed by atoms with Crippen molar-refractivity contribution in [1.29, 1.82) is 0 Å². The van der Waals surface area contributed by atoms with E-state index in [0.29, 0.717) is 6.54 Å². The SMILES string of the molecule is CCN(C1CC1)S(=O)(=O)c1ccc(F)cc1C#CCN. The normalized spacial score (nSPS) is 15.0. The Balaban J connectivity index is 2.50. The molecule has 1 aromatic carbocycles. The fraction of sp³-hybridized carbons (Fsp3) is 0.429. The summed E-state index contributed by atoms with van der Waals surface area (Å²) in [6.45, 7) is 2.29. The molecule has 0 aliphatic heterocycles. The van der Waals surface area contributed by atoms with Gasteiger partial charge in [0, 0.05) is 18.2 Å². The second-order valence-corrected chi connectivity index (χ2v) is 6.44. The topological polar surface area (TPSA) is 63.4 Å². The van der Waals surface area contributed by atoms with Gasteiger partial charge >= 0.3 is 0 Å². The van der Waals surface area contributed by atoms with Crippen LogP contribution in [0.15, 0.2) is 23.1 Å². The first-order chi connectivity index (χ1) is 9.50. The predicted molar refractivity (Wildman–Crippen MR) is 74.9 cm³/mol. The molecule has 0 heterocycles. The Morgan fingerprint density at radius 1 is 1.45 bits per heavy atom. The lowest BCUT2D eigenvalue weighted by molar-refractivity contribution is 0.420. The van der Waals surface area contributed by atoms with Crippen molar-refractivity contribution < 1.29 is 12.8 Å². The summed E-state index contributed by atoms with van der Waals surface area (Å²) in [4.78, 5) is 0.0496. The molecule has 1 aliphatic rings. The second-order valence-electron chi connectivity index (χ2n) is 4.59. The van der Waals surface area contributed by atoms with Gasteiger partial charge in [-0.3, -0.25) is 0 Å². The van der Waals surface area contributed by atoms with Crippen LogP contribution in [0.5, 0.6) is 0 Å². The molecular formula is C14H17FN2O2S.